The molecule has 0 amide bonds. The summed E-state index contributed by atoms with van der Waals surface area (Å²) in [6, 6.07) is 56.1. The van der Waals surface area contributed by atoms with Crippen LogP contribution < -0.4 is 0 Å². The van der Waals surface area contributed by atoms with Crippen molar-refractivity contribution in [3.05, 3.63) is 163 Å². The van der Waals surface area contributed by atoms with Crippen LogP contribution in [0.1, 0.15) is 11.1 Å². The topological polar surface area (TPSA) is 70.3 Å². The van der Waals surface area contributed by atoms with Crippen molar-refractivity contribution in [3.63, 3.8) is 0 Å². The first-order valence-corrected chi connectivity index (χ1v) is 15.8. The number of fused-ring (bicyclic) bond motifs is 6. The normalized spacial score (nSPS) is 11.3. The largest absolute Gasteiger partial charge is 0.309 e. The lowest BCUT2D eigenvalue weighted by molar-refractivity contribution is 1.13. The lowest BCUT2D eigenvalue weighted by Crippen LogP contribution is -2.00. The summed E-state index contributed by atoms with van der Waals surface area (Å²) in [5, 5.41) is 23.5. The van der Waals surface area contributed by atoms with Crippen LogP contribution in [0.3, 0.4) is 0 Å². The molecule has 0 spiro atoms. The van der Waals surface area contributed by atoms with Crippen LogP contribution in [0.4, 0.5) is 0 Å². The first-order valence-electron chi connectivity index (χ1n) is 15.8. The maximum atomic E-state index is 9.72. The zero-order valence-electron chi connectivity index (χ0n) is 25.7. The molecule has 9 rings (SSSR count). The monoisotopic (exact) mass is 611 g/mol. The zero-order chi connectivity index (χ0) is 32.2. The molecule has 3 heterocycles. The molecular formula is C43H25N5. The summed E-state index contributed by atoms with van der Waals surface area (Å²) in [4.78, 5) is 5.15. The molecule has 5 nitrogen and oxygen atoms in total. The molecule has 6 aromatic carbocycles. The Bertz CT molecular complexity index is 2750. The van der Waals surface area contributed by atoms with E-state index in [1.54, 1.807) is 0 Å². The van der Waals surface area contributed by atoms with Crippen LogP contribution in [0.25, 0.3) is 77.5 Å². The molecule has 0 N–H and O–H groups in total. The van der Waals surface area contributed by atoms with Crippen molar-refractivity contribution in [1.29, 1.82) is 10.5 Å². The van der Waals surface area contributed by atoms with Crippen molar-refractivity contribution < 1.29 is 0 Å². The average Bonchev–Trinajstić information content (AvgIpc) is 3.67. The van der Waals surface area contributed by atoms with Gasteiger partial charge in [-0.05, 0) is 78.9 Å². The second kappa shape index (κ2) is 10.8. The Balaban J connectivity index is 1.35. The lowest BCUT2D eigenvalue weighted by atomic mass is 10.1. The van der Waals surface area contributed by atoms with Crippen LogP contribution in [-0.4, -0.2) is 14.1 Å². The number of para-hydroxylation sites is 3. The third-order valence-electron chi connectivity index (χ3n) is 9.16. The van der Waals surface area contributed by atoms with Gasteiger partial charge in [0.25, 0.3) is 0 Å². The van der Waals surface area contributed by atoms with Gasteiger partial charge in [0, 0.05) is 44.0 Å². The van der Waals surface area contributed by atoms with Gasteiger partial charge >= 0.3 is 0 Å². The fourth-order valence-corrected chi connectivity index (χ4v) is 6.99. The van der Waals surface area contributed by atoms with Gasteiger partial charge in [-0.3, -0.25) is 0 Å². The quantitative estimate of drug-likeness (QED) is 0.199. The summed E-state index contributed by atoms with van der Waals surface area (Å²) >= 11 is 0. The molecule has 0 saturated heterocycles. The minimum Gasteiger partial charge on any atom is -0.309 e. The highest BCUT2D eigenvalue weighted by Gasteiger charge is 2.18. The average molecular weight is 612 g/mol. The van der Waals surface area contributed by atoms with E-state index in [4.69, 9.17) is 4.98 Å². The van der Waals surface area contributed by atoms with E-state index in [1.165, 1.54) is 10.8 Å². The zero-order valence-corrected chi connectivity index (χ0v) is 25.7. The highest BCUT2D eigenvalue weighted by atomic mass is 15.0. The van der Waals surface area contributed by atoms with Crippen LogP contribution in [0.5, 0.6) is 0 Å². The van der Waals surface area contributed by atoms with Crippen molar-refractivity contribution >= 4 is 43.6 Å². The molecule has 3 aromatic heterocycles. The fourth-order valence-electron chi connectivity index (χ4n) is 6.99. The number of rotatable bonds is 4. The predicted molar refractivity (Wildman–Crippen MR) is 193 cm³/mol. The number of hydrogen-bond donors (Lipinski definition) is 0. The molecule has 5 heteroatoms. The molecule has 9 aromatic rings. The van der Waals surface area contributed by atoms with E-state index in [-0.39, 0.29) is 0 Å². The summed E-state index contributed by atoms with van der Waals surface area (Å²) in [6.07, 6.45) is 0. The van der Waals surface area contributed by atoms with Gasteiger partial charge in [0.05, 0.1) is 56.7 Å². The van der Waals surface area contributed by atoms with E-state index in [1.807, 2.05) is 66.7 Å². The smallest absolute Gasteiger partial charge is 0.0991 e. The van der Waals surface area contributed by atoms with Crippen molar-refractivity contribution in [2.24, 2.45) is 0 Å². The van der Waals surface area contributed by atoms with E-state index < -0.39 is 0 Å². The van der Waals surface area contributed by atoms with Gasteiger partial charge in [0.2, 0.25) is 0 Å². The van der Waals surface area contributed by atoms with Gasteiger partial charge in [0.15, 0.2) is 0 Å². The maximum Gasteiger partial charge on any atom is 0.0991 e. The number of pyridine rings is 1. The molecule has 0 aliphatic heterocycles. The summed E-state index contributed by atoms with van der Waals surface area (Å²) in [5.41, 5.74) is 11.2. The van der Waals surface area contributed by atoms with Crippen LogP contribution in [0.2, 0.25) is 0 Å². The molecular weight excluding hydrogens is 587 g/mol. The van der Waals surface area contributed by atoms with Gasteiger partial charge in [-0.1, -0.05) is 72.8 Å². The van der Waals surface area contributed by atoms with Gasteiger partial charge < -0.3 is 9.13 Å². The van der Waals surface area contributed by atoms with Crippen LogP contribution in [0.15, 0.2) is 152 Å². The Labute approximate surface area is 276 Å². The standard InChI is InChI=1S/C43H25N5/c44-26-28-16-19-30(20-17-28)38-11-7-12-39(46-38)31-23-32(47-40-13-4-1-8-34(40)35-9-2-5-14-41(35)47)25-33(24-31)48-42-15-6-3-10-36(42)37-22-29(27-45)18-21-43(37)48/h1-25H. The third kappa shape index (κ3) is 4.27. The lowest BCUT2D eigenvalue weighted by Gasteiger charge is -2.16. The van der Waals surface area contributed by atoms with Gasteiger partial charge in [-0.2, -0.15) is 10.5 Å². The number of nitrogens with zero attached hydrogens (tertiary/aromatic N) is 5. The second-order valence-corrected chi connectivity index (χ2v) is 11.9. The highest BCUT2D eigenvalue weighted by molar-refractivity contribution is 6.11. The molecule has 0 unspecified atom stereocenters. The summed E-state index contributed by atoms with van der Waals surface area (Å²) in [7, 11) is 0. The molecule has 0 aliphatic carbocycles. The van der Waals surface area contributed by atoms with Gasteiger partial charge in [0.1, 0.15) is 0 Å². The molecule has 0 radical (unpaired) electrons. The number of benzene rings is 6. The van der Waals surface area contributed by atoms with Gasteiger partial charge in [-0.15, -0.1) is 0 Å². The third-order valence-corrected chi connectivity index (χ3v) is 9.16. The molecule has 0 bridgehead atoms. The minimum atomic E-state index is 0.617. The van der Waals surface area contributed by atoms with E-state index in [0.717, 1.165) is 66.7 Å². The molecule has 48 heavy (non-hydrogen) atoms. The summed E-state index contributed by atoms with van der Waals surface area (Å²) in [5.74, 6) is 0. The Hall–Kier alpha value is -6.95. The van der Waals surface area contributed by atoms with Crippen molar-refractivity contribution in [2.45, 2.75) is 0 Å². The summed E-state index contributed by atoms with van der Waals surface area (Å²) in [6.45, 7) is 0. The number of nitriles is 2. The Morgan fingerprint density at radius 3 is 1.44 bits per heavy atom. The number of hydrogen-bond acceptors (Lipinski definition) is 3. The Kier molecular flexibility index (Phi) is 6.18. The second-order valence-electron chi connectivity index (χ2n) is 11.9. The van der Waals surface area contributed by atoms with Crippen molar-refractivity contribution in [2.75, 3.05) is 0 Å². The first-order chi connectivity index (χ1) is 23.7. The molecule has 222 valence electrons. The number of aromatic nitrogens is 3. The molecule has 0 fully saturated rings. The van der Waals surface area contributed by atoms with E-state index in [0.29, 0.717) is 11.1 Å². The summed E-state index contributed by atoms with van der Waals surface area (Å²) < 4.78 is 4.63. The van der Waals surface area contributed by atoms with Crippen LogP contribution in [0, 0.1) is 22.7 Å². The van der Waals surface area contributed by atoms with Crippen molar-refractivity contribution in [1.82, 2.24) is 14.1 Å². The minimum absolute atomic E-state index is 0.617. The molecule has 0 saturated carbocycles. The molecule has 0 atom stereocenters. The predicted octanol–water partition coefficient (Wildman–Crippen LogP) is 10.4. The van der Waals surface area contributed by atoms with E-state index >= 15 is 0 Å². The first kappa shape index (κ1) is 27.4. The fraction of sp³-hybridized carbons (Fsp3) is 0. The Morgan fingerprint density at radius 1 is 0.396 bits per heavy atom. The van der Waals surface area contributed by atoms with Gasteiger partial charge in [-0.25, -0.2) is 4.98 Å². The highest BCUT2D eigenvalue weighted by Crippen LogP contribution is 2.38. The van der Waals surface area contributed by atoms with Crippen LogP contribution in [-0.2, 0) is 0 Å². The molecule has 0 aliphatic rings. The van der Waals surface area contributed by atoms with E-state index in [2.05, 4.69) is 106 Å². The van der Waals surface area contributed by atoms with Crippen molar-refractivity contribution in [3.8, 4) is 46.0 Å². The Morgan fingerprint density at radius 2 is 0.875 bits per heavy atom. The van der Waals surface area contributed by atoms with Crippen LogP contribution >= 0.6 is 0 Å². The maximum absolute atomic E-state index is 9.72. The SMILES string of the molecule is N#Cc1ccc(-c2cccc(-c3cc(-n4c5ccccc5c5ccccc54)cc(-n4c5ccccc5c5cc(C#N)ccc54)c3)n2)cc1. The van der Waals surface area contributed by atoms with E-state index in [9.17, 15) is 10.5 Å².